The van der Waals surface area contributed by atoms with Gasteiger partial charge in [0.15, 0.2) is 0 Å². The summed E-state index contributed by atoms with van der Waals surface area (Å²) in [5.74, 6) is 0. The van der Waals surface area contributed by atoms with Gasteiger partial charge < -0.3 is 0 Å². The van der Waals surface area contributed by atoms with E-state index in [4.69, 9.17) is 0 Å². The molecular formula is C22H28. The summed E-state index contributed by atoms with van der Waals surface area (Å²) in [7, 11) is 0. The van der Waals surface area contributed by atoms with Crippen LogP contribution in [-0.2, 0) is 6.42 Å². The van der Waals surface area contributed by atoms with Gasteiger partial charge in [-0.1, -0.05) is 72.8 Å². The summed E-state index contributed by atoms with van der Waals surface area (Å²) in [6.45, 7) is 7.34. The second kappa shape index (κ2) is 11.6. The minimum Gasteiger partial charge on any atom is -0.103 e. The quantitative estimate of drug-likeness (QED) is 0.404. The molecule has 0 saturated heterocycles. The smallest absolute Gasteiger partial charge is 0.0181 e. The third kappa shape index (κ3) is 7.08. The van der Waals surface area contributed by atoms with Gasteiger partial charge in [0.2, 0.25) is 0 Å². The molecule has 0 atom stereocenters. The van der Waals surface area contributed by atoms with Crippen molar-refractivity contribution in [1.82, 2.24) is 0 Å². The molecule has 0 radical (unpaired) electrons. The molecule has 0 nitrogen and oxygen atoms in total. The van der Waals surface area contributed by atoms with Crippen molar-refractivity contribution in [3.63, 3.8) is 0 Å². The molecule has 2 rings (SSSR count). The Morgan fingerprint density at radius 2 is 1.55 bits per heavy atom. The molecule has 0 fully saturated rings. The number of benzene rings is 2. The Morgan fingerprint density at radius 3 is 2.23 bits per heavy atom. The lowest BCUT2D eigenvalue weighted by molar-refractivity contribution is 0.747. The molecule has 2 aromatic rings. The predicted molar refractivity (Wildman–Crippen MR) is 100 cm³/mol. The standard InChI is InChI=1S/C19H22.C3H6/c1-2-3-4-5-7-11-17-12-10-15-19(16-17)18-13-8-6-9-14-18;1-3-2/h2-3,6,8-10,12-16H,4-5,7,11H2,1H3;3H,1H2,2H3/b3-2+;. The number of unbranched alkanes of at least 4 members (excludes halogenated alkanes) is 2. The predicted octanol–water partition coefficient (Wildman–Crippen LogP) is 6.83. The monoisotopic (exact) mass is 292 g/mol. The Morgan fingerprint density at radius 1 is 0.864 bits per heavy atom. The van der Waals surface area contributed by atoms with Crippen molar-refractivity contribution >= 4 is 0 Å². The Hall–Kier alpha value is -2.08. The van der Waals surface area contributed by atoms with Gasteiger partial charge in [-0.25, -0.2) is 0 Å². The van der Waals surface area contributed by atoms with Crippen LogP contribution in [0.5, 0.6) is 0 Å². The van der Waals surface area contributed by atoms with Gasteiger partial charge in [-0.05, 0) is 56.2 Å². The third-order valence-electron chi connectivity index (χ3n) is 3.36. The van der Waals surface area contributed by atoms with Crippen molar-refractivity contribution in [3.05, 3.63) is 85.0 Å². The van der Waals surface area contributed by atoms with Gasteiger partial charge in [0.1, 0.15) is 0 Å². The van der Waals surface area contributed by atoms with Crippen molar-refractivity contribution in [3.8, 4) is 11.1 Å². The summed E-state index contributed by atoms with van der Waals surface area (Å²) in [4.78, 5) is 0. The molecule has 0 unspecified atom stereocenters. The Labute approximate surface area is 136 Å². The molecule has 0 spiro atoms. The zero-order valence-corrected chi connectivity index (χ0v) is 14.0. The molecule has 0 heterocycles. The van der Waals surface area contributed by atoms with Crippen LogP contribution < -0.4 is 0 Å². The van der Waals surface area contributed by atoms with Gasteiger partial charge in [-0.3, -0.25) is 0 Å². The fourth-order valence-corrected chi connectivity index (χ4v) is 2.29. The van der Waals surface area contributed by atoms with E-state index in [1.54, 1.807) is 6.08 Å². The van der Waals surface area contributed by atoms with Crippen LogP contribution >= 0.6 is 0 Å². The average molecular weight is 292 g/mol. The van der Waals surface area contributed by atoms with Crippen LogP contribution in [0.15, 0.2) is 79.4 Å². The number of aryl methyl sites for hydroxylation is 1. The number of hydrogen-bond acceptors (Lipinski definition) is 0. The van der Waals surface area contributed by atoms with Gasteiger partial charge in [0.05, 0.1) is 0 Å². The zero-order chi connectivity index (χ0) is 16.0. The van der Waals surface area contributed by atoms with Crippen molar-refractivity contribution in [2.75, 3.05) is 0 Å². The Balaban J connectivity index is 0.000000745. The van der Waals surface area contributed by atoms with Gasteiger partial charge in [-0.15, -0.1) is 6.58 Å². The Kier molecular flexibility index (Phi) is 9.45. The Bertz CT molecular complexity index is 549. The van der Waals surface area contributed by atoms with E-state index in [1.165, 1.54) is 42.4 Å². The lowest BCUT2D eigenvalue weighted by Crippen LogP contribution is -1.86. The van der Waals surface area contributed by atoms with E-state index in [0.29, 0.717) is 0 Å². The molecule has 0 aliphatic heterocycles. The maximum Gasteiger partial charge on any atom is -0.0181 e. The fraction of sp³-hybridized carbons (Fsp3) is 0.273. The van der Waals surface area contributed by atoms with Crippen LogP contribution in [0.2, 0.25) is 0 Å². The molecule has 116 valence electrons. The van der Waals surface area contributed by atoms with Crippen molar-refractivity contribution in [1.29, 1.82) is 0 Å². The molecule has 0 bridgehead atoms. The zero-order valence-electron chi connectivity index (χ0n) is 14.0. The van der Waals surface area contributed by atoms with E-state index in [-0.39, 0.29) is 0 Å². The van der Waals surface area contributed by atoms with Crippen molar-refractivity contribution < 1.29 is 0 Å². The molecule has 0 N–H and O–H groups in total. The summed E-state index contributed by atoms with van der Waals surface area (Å²) in [6.07, 6.45) is 11.1. The first-order chi connectivity index (χ1) is 10.8. The highest BCUT2D eigenvalue weighted by molar-refractivity contribution is 5.63. The first-order valence-electron chi connectivity index (χ1n) is 8.14. The van der Waals surface area contributed by atoms with E-state index in [1.807, 2.05) is 6.92 Å². The van der Waals surface area contributed by atoms with Gasteiger partial charge >= 0.3 is 0 Å². The van der Waals surface area contributed by atoms with Crippen molar-refractivity contribution in [2.24, 2.45) is 0 Å². The molecule has 0 aliphatic carbocycles. The number of allylic oxidation sites excluding steroid dienone is 3. The lowest BCUT2D eigenvalue weighted by Gasteiger charge is -2.05. The van der Waals surface area contributed by atoms with Crippen LogP contribution in [-0.4, -0.2) is 0 Å². The maximum absolute atomic E-state index is 3.36. The summed E-state index contributed by atoms with van der Waals surface area (Å²) >= 11 is 0. The third-order valence-corrected chi connectivity index (χ3v) is 3.36. The molecule has 22 heavy (non-hydrogen) atoms. The van der Waals surface area contributed by atoms with E-state index in [2.05, 4.69) is 80.3 Å². The summed E-state index contributed by atoms with van der Waals surface area (Å²) < 4.78 is 0. The first kappa shape index (κ1) is 18.0. The van der Waals surface area contributed by atoms with Crippen LogP contribution in [0.4, 0.5) is 0 Å². The topological polar surface area (TPSA) is 0 Å². The van der Waals surface area contributed by atoms with Crippen molar-refractivity contribution in [2.45, 2.75) is 39.5 Å². The van der Waals surface area contributed by atoms with E-state index < -0.39 is 0 Å². The number of hydrogen-bond donors (Lipinski definition) is 0. The van der Waals surface area contributed by atoms with Gasteiger partial charge in [0.25, 0.3) is 0 Å². The average Bonchev–Trinajstić information content (AvgIpc) is 2.57. The highest BCUT2D eigenvalue weighted by Gasteiger charge is 1.98. The maximum atomic E-state index is 3.36. The SMILES string of the molecule is C/C=C/CCCCc1cccc(-c2ccccc2)c1.C=CC. The van der Waals surface area contributed by atoms with Gasteiger partial charge in [0, 0.05) is 0 Å². The molecule has 0 aromatic heterocycles. The molecule has 0 heteroatoms. The summed E-state index contributed by atoms with van der Waals surface area (Å²) in [5, 5.41) is 0. The molecule has 2 aromatic carbocycles. The van der Waals surface area contributed by atoms with Crippen LogP contribution in [0.25, 0.3) is 11.1 Å². The minimum atomic E-state index is 1.18. The first-order valence-corrected chi connectivity index (χ1v) is 8.14. The highest BCUT2D eigenvalue weighted by Crippen LogP contribution is 2.20. The summed E-state index contributed by atoms with van der Waals surface area (Å²) in [5.41, 5.74) is 4.08. The van der Waals surface area contributed by atoms with E-state index in [0.717, 1.165) is 0 Å². The molecular weight excluding hydrogens is 264 g/mol. The molecule has 0 amide bonds. The number of rotatable bonds is 6. The lowest BCUT2D eigenvalue weighted by atomic mass is 10.0. The molecule has 0 saturated carbocycles. The normalized spacial score (nSPS) is 10.1. The van der Waals surface area contributed by atoms with E-state index >= 15 is 0 Å². The van der Waals surface area contributed by atoms with E-state index in [9.17, 15) is 0 Å². The van der Waals surface area contributed by atoms with Crippen LogP contribution in [0, 0.1) is 0 Å². The van der Waals surface area contributed by atoms with Crippen LogP contribution in [0.1, 0.15) is 38.7 Å². The highest BCUT2D eigenvalue weighted by atomic mass is 14.0. The minimum absolute atomic E-state index is 1.18. The summed E-state index contributed by atoms with van der Waals surface area (Å²) in [6, 6.07) is 19.5. The molecule has 0 aliphatic rings. The fourth-order valence-electron chi connectivity index (χ4n) is 2.29. The second-order valence-corrected chi connectivity index (χ2v) is 5.29. The second-order valence-electron chi connectivity index (χ2n) is 5.29. The van der Waals surface area contributed by atoms with Crippen LogP contribution in [0.3, 0.4) is 0 Å². The van der Waals surface area contributed by atoms with Gasteiger partial charge in [-0.2, -0.15) is 0 Å². The largest absolute Gasteiger partial charge is 0.103 e.